The highest BCUT2D eigenvalue weighted by Gasteiger charge is 2.09. The van der Waals surface area contributed by atoms with E-state index in [0.29, 0.717) is 13.0 Å². The largest absolute Gasteiger partial charge is 0.507 e. The minimum absolute atomic E-state index is 0.0171. The maximum atomic E-state index is 11.5. The molecule has 0 spiro atoms. The number of aryl methyl sites for hydroxylation is 1. The number of phenolic OH excluding ortho intramolecular Hbond substituents is 1. The molecule has 0 radical (unpaired) electrons. The van der Waals surface area contributed by atoms with Crippen LogP contribution in [0.3, 0.4) is 0 Å². The van der Waals surface area contributed by atoms with E-state index in [-0.39, 0.29) is 23.8 Å². The van der Waals surface area contributed by atoms with Gasteiger partial charge in [0.15, 0.2) is 0 Å². The van der Waals surface area contributed by atoms with Crippen molar-refractivity contribution in [2.45, 2.75) is 13.3 Å². The highest BCUT2D eigenvalue weighted by Crippen LogP contribution is 2.17. The van der Waals surface area contributed by atoms with Gasteiger partial charge < -0.3 is 15.5 Å². The number of hydrogen-bond donors (Lipinski definition) is 3. The Kier molecular flexibility index (Phi) is 4.12. The Bertz CT molecular complexity index is 350. The molecule has 15 heavy (non-hydrogen) atoms. The fourth-order valence-corrected chi connectivity index (χ4v) is 1.21. The summed E-state index contributed by atoms with van der Waals surface area (Å²) in [5.41, 5.74) is 1.16. The summed E-state index contributed by atoms with van der Waals surface area (Å²) in [4.78, 5) is 11.5. The predicted octanol–water partition coefficient (Wildman–Crippen LogP) is 0.813. The van der Waals surface area contributed by atoms with Crippen molar-refractivity contribution in [1.29, 1.82) is 0 Å². The molecular formula is C11H15NO3. The van der Waals surface area contributed by atoms with Crippen molar-refractivity contribution in [2.24, 2.45) is 0 Å². The number of hydrogen-bond acceptors (Lipinski definition) is 3. The number of nitrogens with one attached hydrogen (secondary N) is 1. The number of aliphatic hydroxyl groups is 1. The van der Waals surface area contributed by atoms with Gasteiger partial charge in [0.1, 0.15) is 5.75 Å². The normalized spacial score (nSPS) is 10.0. The highest BCUT2D eigenvalue weighted by atomic mass is 16.3. The van der Waals surface area contributed by atoms with Crippen molar-refractivity contribution in [3.05, 3.63) is 29.3 Å². The molecule has 1 aromatic rings. The summed E-state index contributed by atoms with van der Waals surface area (Å²) in [6.07, 6.45) is 0.512. The Hall–Kier alpha value is -1.55. The number of aliphatic hydroxyl groups excluding tert-OH is 1. The second-order valence-corrected chi connectivity index (χ2v) is 3.35. The van der Waals surface area contributed by atoms with Gasteiger partial charge >= 0.3 is 0 Å². The lowest BCUT2D eigenvalue weighted by atomic mass is 10.1. The standard InChI is InChI=1S/C11H15NO3/c1-8-3-4-9(10(14)7-8)11(15)12-5-2-6-13/h3-4,7,13-14H,2,5-6H2,1H3,(H,12,15). The Balaban J connectivity index is 2.65. The van der Waals surface area contributed by atoms with Crippen LogP contribution in [0.1, 0.15) is 22.3 Å². The summed E-state index contributed by atoms with van der Waals surface area (Å²) in [5.74, 6) is -0.336. The van der Waals surface area contributed by atoms with Crippen molar-refractivity contribution >= 4 is 5.91 Å². The topological polar surface area (TPSA) is 69.6 Å². The molecule has 0 unspecified atom stereocenters. The first-order chi connectivity index (χ1) is 7.15. The molecule has 0 aromatic heterocycles. The van der Waals surface area contributed by atoms with Crippen molar-refractivity contribution in [2.75, 3.05) is 13.2 Å². The van der Waals surface area contributed by atoms with Gasteiger partial charge in [-0.2, -0.15) is 0 Å². The third-order valence-corrected chi connectivity index (χ3v) is 2.02. The Morgan fingerprint density at radius 3 is 2.80 bits per heavy atom. The first-order valence-electron chi connectivity index (χ1n) is 4.84. The number of carbonyl (C=O) groups excluding carboxylic acids is 1. The molecule has 0 bridgehead atoms. The number of phenols is 1. The molecule has 3 N–H and O–H groups in total. The van der Waals surface area contributed by atoms with E-state index in [1.165, 1.54) is 0 Å². The van der Waals surface area contributed by atoms with E-state index in [1.54, 1.807) is 18.2 Å². The van der Waals surface area contributed by atoms with Crippen molar-refractivity contribution < 1.29 is 15.0 Å². The Morgan fingerprint density at radius 1 is 1.47 bits per heavy atom. The molecule has 1 amide bonds. The summed E-state index contributed by atoms with van der Waals surface area (Å²) in [6, 6.07) is 4.89. The van der Waals surface area contributed by atoms with Gasteiger partial charge in [-0.15, -0.1) is 0 Å². The van der Waals surface area contributed by atoms with Gasteiger partial charge in [-0.1, -0.05) is 6.07 Å². The van der Waals surface area contributed by atoms with Crippen LogP contribution in [-0.4, -0.2) is 29.3 Å². The molecular weight excluding hydrogens is 194 g/mol. The fourth-order valence-electron chi connectivity index (χ4n) is 1.21. The van der Waals surface area contributed by atoms with Crippen molar-refractivity contribution in [3.63, 3.8) is 0 Å². The second kappa shape index (κ2) is 5.36. The summed E-state index contributed by atoms with van der Waals surface area (Å²) in [5, 5.41) is 20.6. The zero-order valence-electron chi connectivity index (χ0n) is 8.66. The van der Waals surface area contributed by atoms with Gasteiger partial charge in [-0.3, -0.25) is 4.79 Å². The number of rotatable bonds is 4. The molecule has 0 aliphatic rings. The second-order valence-electron chi connectivity index (χ2n) is 3.35. The average molecular weight is 209 g/mol. The first kappa shape index (κ1) is 11.5. The third kappa shape index (κ3) is 3.25. The minimum Gasteiger partial charge on any atom is -0.507 e. The van der Waals surface area contributed by atoms with E-state index in [4.69, 9.17) is 5.11 Å². The molecule has 0 heterocycles. The Morgan fingerprint density at radius 2 is 2.20 bits per heavy atom. The maximum Gasteiger partial charge on any atom is 0.255 e. The van der Waals surface area contributed by atoms with E-state index in [2.05, 4.69) is 5.32 Å². The molecule has 82 valence electrons. The van der Waals surface area contributed by atoms with Crippen LogP contribution >= 0.6 is 0 Å². The molecule has 0 saturated carbocycles. The lowest BCUT2D eigenvalue weighted by Crippen LogP contribution is -2.25. The van der Waals surface area contributed by atoms with Crippen LogP contribution in [0.15, 0.2) is 18.2 Å². The lowest BCUT2D eigenvalue weighted by molar-refractivity contribution is 0.0948. The SMILES string of the molecule is Cc1ccc(C(=O)NCCCO)c(O)c1. The van der Waals surface area contributed by atoms with Gasteiger partial charge in [0.25, 0.3) is 5.91 Å². The average Bonchev–Trinajstić information content (AvgIpc) is 2.17. The monoisotopic (exact) mass is 209 g/mol. The molecule has 0 fully saturated rings. The van der Waals surface area contributed by atoms with Gasteiger partial charge in [0, 0.05) is 13.2 Å². The van der Waals surface area contributed by atoms with E-state index in [1.807, 2.05) is 6.92 Å². The third-order valence-electron chi connectivity index (χ3n) is 2.02. The summed E-state index contributed by atoms with van der Waals surface area (Å²) >= 11 is 0. The molecule has 4 heteroatoms. The predicted molar refractivity (Wildman–Crippen MR) is 56.9 cm³/mol. The van der Waals surface area contributed by atoms with Crippen molar-refractivity contribution in [3.8, 4) is 5.75 Å². The van der Waals surface area contributed by atoms with E-state index in [0.717, 1.165) is 5.56 Å². The number of amides is 1. The van der Waals surface area contributed by atoms with Crippen LogP contribution in [0.4, 0.5) is 0 Å². The van der Waals surface area contributed by atoms with Crippen LogP contribution in [-0.2, 0) is 0 Å². The van der Waals surface area contributed by atoms with Gasteiger partial charge in [-0.05, 0) is 31.0 Å². The molecule has 0 saturated heterocycles. The number of benzene rings is 1. The van der Waals surface area contributed by atoms with Gasteiger partial charge in [0.2, 0.25) is 0 Å². The molecule has 1 rings (SSSR count). The Labute approximate surface area is 88.6 Å². The fraction of sp³-hybridized carbons (Fsp3) is 0.364. The zero-order valence-corrected chi connectivity index (χ0v) is 8.66. The van der Waals surface area contributed by atoms with E-state index in [9.17, 15) is 9.90 Å². The minimum atomic E-state index is -0.319. The van der Waals surface area contributed by atoms with Crippen LogP contribution < -0.4 is 5.32 Å². The summed E-state index contributed by atoms with van der Waals surface area (Å²) in [7, 11) is 0. The molecule has 0 aliphatic heterocycles. The molecule has 4 nitrogen and oxygen atoms in total. The van der Waals surface area contributed by atoms with Crippen LogP contribution in [0.2, 0.25) is 0 Å². The first-order valence-corrected chi connectivity index (χ1v) is 4.84. The summed E-state index contributed by atoms with van der Waals surface area (Å²) in [6.45, 7) is 2.29. The highest BCUT2D eigenvalue weighted by molar-refractivity contribution is 5.96. The zero-order chi connectivity index (χ0) is 11.3. The van der Waals surface area contributed by atoms with Crippen LogP contribution in [0.5, 0.6) is 5.75 Å². The van der Waals surface area contributed by atoms with Crippen LogP contribution in [0, 0.1) is 6.92 Å². The molecule has 1 aromatic carbocycles. The van der Waals surface area contributed by atoms with E-state index >= 15 is 0 Å². The molecule has 0 aliphatic carbocycles. The van der Waals surface area contributed by atoms with Crippen molar-refractivity contribution in [1.82, 2.24) is 5.32 Å². The van der Waals surface area contributed by atoms with Gasteiger partial charge in [0.05, 0.1) is 5.56 Å². The maximum absolute atomic E-state index is 11.5. The quantitative estimate of drug-likeness (QED) is 0.643. The smallest absolute Gasteiger partial charge is 0.255 e. The van der Waals surface area contributed by atoms with Gasteiger partial charge in [-0.25, -0.2) is 0 Å². The van der Waals surface area contributed by atoms with Crippen LogP contribution in [0.25, 0.3) is 0 Å². The number of aromatic hydroxyl groups is 1. The summed E-state index contributed by atoms with van der Waals surface area (Å²) < 4.78 is 0. The lowest BCUT2D eigenvalue weighted by Gasteiger charge is -2.06. The van der Waals surface area contributed by atoms with E-state index < -0.39 is 0 Å². The molecule has 0 atom stereocenters. The number of carbonyl (C=O) groups is 1.